The Bertz CT molecular complexity index is 861. The van der Waals surface area contributed by atoms with E-state index in [2.05, 4.69) is 12.1 Å². The van der Waals surface area contributed by atoms with Crippen LogP contribution in [-0.4, -0.2) is 35.6 Å². The minimum Gasteiger partial charge on any atom is -0.493 e. The summed E-state index contributed by atoms with van der Waals surface area (Å²) in [4.78, 5) is 0. The second-order valence-electron chi connectivity index (χ2n) is 8.48. The first-order valence-corrected chi connectivity index (χ1v) is 10.7. The third-order valence-corrected chi connectivity index (χ3v) is 5.76. The lowest BCUT2D eigenvalue weighted by atomic mass is 9.93. The Morgan fingerprint density at radius 2 is 1.68 bits per heavy atom. The van der Waals surface area contributed by atoms with E-state index in [1.807, 2.05) is 12.1 Å². The molecular formula is C24H30F3NO3. The lowest BCUT2D eigenvalue weighted by molar-refractivity contribution is -0.139. The van der Waals surface area contributed by atoms with Crippen LogP contribution in [0.5, 0.6) is 5.75 Å². The van der Waals surface area contributed by atoms with Gasteiger partial charge in [0.05, 0.1) is 30.9 Å². The smallest absolute Gasteiger partial charge is 0.419 e. The highest BCUT2D eigenvalue weighted by Gasteiger charge is 2.35. The summed E-state index contributed by atoms with van der Waals surface area (Å²) in [5.74, 6) is 0.481. The Hall–Kier alpha value is -2.09. The van der Waals surface area contributed by atoms with Crippen LogP contribution in [0.3, 0.4) is 0 Å². The quantitative estimate of drug-likeness (QED) is 0.461. The molecule has 170 valence electrons. The summed E-state index contributed by atoms with van der Waals surface area (Å²) in [5.41, 5.74) is 6.72. The molecule has 0 bridgehead atoms. The molecule has 0 aliphatic heterocycles. The predicted molar refractivity (Wildman–Crippen MR) is 113 cm³/mol. The zero-order valence-corrected chi connectivity index (χ0v) is 17.5. The normalized spacial score (nSPS) is 14.6. The standard InChI is InChI=1S/C24H30F3NO3/c25-24(26,27)21-14-18(10-11-23(28,15-29)16-30)6-9-22(21)31-12-2-4-17-3-1-5-20(13-17)19-7-8-19/h1,3,5-6,9,13-14,19,29-30H,2,4,7-8,10-12,15-16,28H2. The average molecular weight is 438 g/mol. The molecule has 0 unspecified atom stereocenters. The molecule has 0 heterocycles. The molecule has 0 spiro atoms. The van der Waals surface area contributed by atoms with Crippen LogP contribution in [0.15, 0.2) is 42.5 Å². The number of aryl methyl sites for hydroxylation is 2. The fraction of sp³-hybridized carbons (Fsp3) is 0.500. The molecular weight excluding hydrogens is 407 g/mol. The van der Waals surface area contributed by atoms with E-state index in [1.54, 1.807) is 6.07 Å². The molecule has 1 saturated carbocycles. The van der Waals surface area contributed by atoms with E-state index < -0.39 is 30.5 Å². The van der Waals surface area contributed by atoms with Gasteiger partial charge in [0, 0.05) is 0 Å². The predicted octanol–water partition coefficient (Wildman–Crippen LogP) is 4.21. The molecule has 2 aromatic rings. The maximum Gasteiger partial charge on any atom is 0.419 e. The van der Waals surface area contributed by atoms with Crippen molar-refractivity contribution in [3.05, 3.63) is 64.7 Å². The van der Waals surface area contributed by atoms with Crippen molar-refractivity contribution < 1.29 is 28.1 Å². The molecule has 0 aromatic heterocycles. The number of alkyl halides is 3. The minimum absolute atomic E-state index is 0.164. The van der Waals surface area contributed by atoms with Crippen LogP contribution >= 0.6 is 0 Å². The maximum absolute atomic E-state index is 13.6. The molecule has 0 amide bonds. The third kappa shape index (κ3) is 6.69. The van der Waals surface area contributed by atoms with Crippen molar-refractivity contribution >= 4 is 0 Å². The van der Waals surface area contributed by atoms with Crippen molar-refractivity contribution in [1.82, 2.24) is 0 Å². The van der Waals surface area contributed by atoms with Gasteiger partial charge < -0.3 is 20.7 Å². The highest BCUT2D eigenvalue weighted by molar-refractivity contribution is 5.39. The molecule has 1 aliphatic carbocycles. The van der Waals surface area contributed by atoms with Crippen molar-refractivity contribution in [3.8, 4) is 5.75 Å². The van der Waals surface area contributed by atoms with Gasteiger partial charge in [0.25, 0.3) is 0 Å². The first kappa shape index (κ1) is 23.6. The summed E-state index contributed by atoms with van der Waals surface area (Å²) in [6.45, 7) is -0.697. The summed E-state index contributed by atoms with van der Waals surface area (Å²) in [6, 6.07) is 12.4. The van der Waals surface area contributed by atoms with Gasteiger partial charge in [-0.2, -0.15) is 13.2 Å². The minimum atomic E-state index is -4.54. The number of benzene rings is 2. The zero-order chi connectivity index (χ0) is 22.5. The van der Waals surface area contributed by atoms with Gasteiger partial charge in [0.2, 0.25) is 0 Å². The first-order chi connectivity index (χ1) is 14.7. The van der Waals surface area contributed by atoms with Gasteiger partial charge in [-0.25, -0.2) is 0 Å². The molecule has 2 aromatic carbocycles. The summed E-state index contributed by atoms with van der Waals surface area (Å²) in [6.07, 6.45) is -0.339. The van der Waals surface area contributed by atoms with Crippen LogP contribution in [0.4, 0.5) is 13.2 Å². The number of halogens is 3. The van der Waals surface area contributed by atoms with E-state index in [9.17, 15) is 23.4 Å². The lowest BCUT2D eigenvalue weighted by Gasteiger charge is -2.24. The first-order valence-electron chi connectivity index (χ1n) is 10.7. The van der Waals surface area contributed by atoms with E-state index in [0.29, 0.717) is 17.9 Å². The molecule has 0 radical (unpaired) electrons. The Morgan fingerprint density at radius 3 is 2.32 bits per heavy atom. The van der Waals surface area contributed by atoms with Gasteiger partial charge in [-0.3, -0.25) is 0 Å². The summed E-state index contributed by atoms with van der Waals surface area (Å²) in [5, 5.41) is 18.5. The molecule has 0 atom stereocenters. The summed E-state index contributed by atoms with van der Waals surface area (Å²) >= 11 is 0. The van der Waals surface area contributed by atoms with Gasteiger partial charge >= 0.3 is 6.18 Å². The Morgan fingerprint density at radius 1 is 0.968 bits per heavy atom. The molecule has 1 aliphatic rings. The monoisotopic (exact) mass is 437 g/mol. The van der Waals surface area contributed by atoms with Gasteiger partial charge in [-0.05, 0) is 73.3 Å². The van der Waals surface area contributed by atoms with Crippen molar-refractivity contribution in [2.24, 2.45) is 5.73 Å². The number of rotatable bonds is 11. The highest BCUT2D eigenvalue weighted by Crippen LogP contribution is 2.40. The zero-order valence-electron chi connectivity index (χ0n) is 17.5. The Balaban J connectivity index is 1.59. The van der Waals surface area contributed by atoms with Crippen LogP contribution in [0.1, 0.15) is 53.9 Å². The molecule has 1 fully saturated rings. The van der Waals surface area contributed by atoms with Crippen LogP contribution in [0, 0.1) is 0 Å². The number of nitrogens with two attached hydrogens (primary N) is 1. The van der Waals surface area contributed by atoms with Crippen molar-refractivity contribution in [2.75, 3.05) is 19.8 Å². The van der Waals surface area contributed by atoms with Crippen molar-refractivity contribution in [2.45, 2.75) is 56.2 Å². The van der Waals surface area contributed by atoms with Crippen LogP contribution in [-0.2, 0) is 19.0 Å². The molecule has 3 rings (SSSR count). The van der Waals surface area contributed by atoms with Crippen molar-refractivity contribution in [1.29, 1.82) is 0 Å². The second kappa shape index (κ2) is 10.0. The number of aliphatic hydroxyl groups is 2. The molecule has 31 heavy (non-hydrogen) atoms. The number of hydrogen-bond donors (Lipinski definition) is 3. The van der Waals surface area contributed by atoms with Crippen LogP contribution in [0.25, 0.3) is 0 Å². The maximum atomic E-state index is 13.6. The number of aliphatic hydroxyl groups excluding tert-OH is 2. The van der Waals surface area contributed by atoms with E-state index in [1.165, 1.54) is 30.0 Å². The SMILES string of the molecule is NC(CO)(CO)CCc1ccc(OCCCc2cccc(C3CC3)c2)c(C(F)(F)F)c1. The van der Waals surface area contributed by atoms with Gasteiger partial charge in [0.15, 0.2) is 0 Å². The fourth-order valence-corrected chi connectivity index (χ4v) is 3.56. The Kier molecular flexibility index (Phi) is 7.62. The second-order valence-corrected chi connectivity index (χ2v) is 8.48. The molecule has 7 heteroatoms. The molecule has 4 N–H and O–H groups in total. The van der Waals surface area contributed by atoms with Gasteiger partial charge in [0.1, 0.15) is 5.75 Å². The Labute approximate surface area is 180 Å². The topological polar surface area (TPSA) is 75.7 Å². The summed E-state index contributed by atoms with van der Waals surface area (Å²) < 4.78 is 46.1. The van der Waals surface area contributed by atoms with E-state index in [-0.39, 0.29) is 25.2 Å². The van der Waals surface area contributed by atoms with E-state index >= 15 is 0 Å². The van der Waals surface area contributed by atoms with Gasteiger partial charge in [-0.1, -0.05) is 30.3 Å². The number of ether oxygens (including phenoxy) is 1. The van der Waals surface area contributed by atoms with E-state index in [0.717, 1.165) is 12.5 Å². The molecule has 0 saturated heterocycles. The fourth-order valence-electron chi connectivity index (χ4n) is 3.56. The lowest BCUT2D eigenvalue weighted by Crippen LogP contribution is -2.47. The average Bonchev–Trinajstić information content (AvgIpc) is 3.60. The van der Waals surface area contributed by atoms with E-state index in [4.69, 9.17) is 10.5 Å². The van der Waals surface area contributed by atoms with Crippen molar-refractivity contribution in [3.63, 3.8) is 0 Å². The van der Waals surface area contributed by atoms with Crippen LogP contribution < -0.4 is 10.5 Å². The summed E-state index contributed by atoms with van der Waals surface area (Å²) in [7, 11) is 0. The third-order valence-electron chi connectivity index (χ3n) is 5.76. The molecule has 4 nitrogen and oxygen atoms in total. The van der Waals surface area contributed by atoms with Crippen LogP contribution in [0.2, 0.25) is 0 Å². The largest absolute Gasteiger partial charge is 0.493 e. The number of hydrogen-bond acceptors (Lipinski definition) is 4. The van der Waals surface area contributed by atoms with Gasteiger partial charge in [-0.15, -0.1) is 0 Å². The highest BCUT2D eigenvalue weighted by atomic mass is 19.4.